The molecule has 4 heteroatoms. The molecule has 1 aliphatic heterocycles. The van der Waals surface area contributed by atoms with Crippen LogP contribution in [-0.4, -0.2) is 9.97 Å². The van der Waals surface area contributed by atoms with Crippen LogP contribution < -0.4 is 5.32 Å². The van der Waals surface area contributed by atoms with Gasteiger partial charge >= 0.3 is 0 Å². The average Bonchev–Trinajstić information content (AvgIpc) is 3.61. The van der Waals surface area contributed by atoms with Crippen molar-refractivity contribution in [2.45, 2.75) is 76.4 Å². The first-order valence-electron chi connectivity index (χ1n) is 13.0. The maximum absolute atomic E-state index is 6.70. The molecule has 0 radical (unpaired) electrons. The summed E-state index contributed by atoms with van der Waals surface area (Å²) >= 11 is 0. The van der Waals surface area contributed by atoms with Crippen LogP contribution in [0, 0.1) is 0 Å². The third kappa shape index (κ3) is 4.78. The highest BCUT2D eigenvalue weighted by Gasteiger charge is 2.39. The molecule has 2 bridgehead atoms. The SMILES string of the molecule is CCCC1CCCCCCc2cc1c(C=C1NC=CC1(OCc1ccccc1)c1ccc[nH]1)[nH]2. The van der Waals surface area contributed by atoms with E-state index in [0.717, 1.165) is 23.4 Å². The van der Waals surface area contributed by atoms with Crippen LogP contribution in [0.1, 0.15) is 86.0 Å². The van der Waals surface area contributed by atoms with Crippen molar-refractivity contribution in [1.82, 2.24) is 15.3 Å². The maximum Gasteiger partial charge on any atom is 0.168 e. The summed E-state index contributed by atoms with van der Waals surface area (Å²) in [5, 5.41) is 3.52. The lowest BCUT2D eigenvalue weighted by atomic mass is 9.87. The van der Waals surface area contributed by atoms with Crippen LogP contribution in [-0.2, 0) is 23.4 Å². The third-order valence-electron chi connectivity index (χ3n) is 7.31. The Hall–Kier alpha value is -2.98. The van der Waals surface area contributed by atoms with Crippen molar-refractivity contribution >= 4 is 6.08 Å². The van der Waals surface area contributed by atoms with E-state index >= 15 is 0 Å². The van der Waals surface area contributed by atoms with Crippen LogP contribution in [0.5, 0.6) is 0 Å². The number of hydrogen-bond acceptors (Lipinski definition) is 2. The van der Waals surface area contributed by atoms with Crippen LogP contribution in [0.15, 0.2) is 72.7 Å². The molecule has 0 amide bonds. The molecule has 178 valence electrons. The predicted octanol–water partition coefficient (Wildman–Crippen LogP) is 7.30. The molecule has 5 rings (SSSR count). The second-order valence-electron chi connectivity index (χ2n) is 9.73. The molecular formula is C30H37N3O. The molecule has 0 spiro atoms. The van der Waals surface area contributed by atoms with Gasteiger partial charge in [0.15, 0.2) is 5.60 Å². The molecule has 2 aliphatic rings. The Labute approximate surface area is 203 Å². The van der Waals surface area contributed by atoms with Gasteiger partial charge in [-0.2, -0.15) is 0 Å². The van der Waals surface area contributed by atoms with Gasteiger partial charge in [0.25, 0.3) is 0 Å². The molecule has 0 saturated carbocycles. The lowest BCUT2D eigenvalue weighted by molar-refractivity contribution is 0.00239. The van der Waals surface area contributed by atoms with Crippen molar-refractivity contribution in [3.05, 3.63) is 101 Å². The van der Waals surface area contributed by atoms with Gasteiger partial charge in [0.05, 0.1) is 18.0 Å². The van der Waals surface area contributed by atoms with E-state index < -0.39 is 5.60 Å². The molecular weight excluding hydrogens is 418 g/mol. The molecule has 3 aromatic rings. The van der Waals surface area contributed by atoms with Crippen LogP contribution in [0.3, 0.4) is 0 Å². The first-order valence-corrected chi connectivity index (χ1v) is 13.0. The minimum atomic E-state index is -0.671. The topological polar surface area (TPSA) is 52.8 Å². The lowest BCUT2D eigenvalue weighted by Gasteiger charge is -2.29. The molecule has 0 fully saturated rings. The summed E-state index contributed by atoms with van der Waals surface area (Å²) in [6.45, 7) is 2.84. The molecule has 0 saturated heterocycles. The zero-order valence-electron chi connectivity index (χ0n) is 20.3. The largest absolute Gasteiger partial charge is 0.362 e. The van der Waals surface area contributed by atoms with Crippen LogP contribution >= 0.6 is 0 Å². The zero-order valence-corrected chi connectivity index (χ0v) is 20.3. The number of ether oxygens (including phenoxy) is 1. The number of fused-ring (bicyclic) bond motifs is 2. The molecule has 3 heterocycles. The van der Waals surface area contributed by atoms with Gasteiger partial charge in [0, 0.05) is 23.8 Å². The van der Waals surface area contributed by atoms with E-state index in [4.69, 9.17) is 4.74 Å². The van der Waals surface area contributed by atoms with E-state index in [2.05, 4.69) is 70.8 Å². The smallest absolute Gasteiger partial charge is 0.168 e. The van der Waals surface area contributed by atoms with E-state index in [0.29, 0.717) is 12.5 Å². The van der Waals surface area contributed by atoms with Gasteiger partial charge in [-0.1, -0.05) is 62.9 Å². The second-order valence-corrected chi connectivity index (χ2v) is 9.73. The van der Waals surface area contributed by atoms with Crippen molar-refractivity contribution in [3.8, 4) is 0 Å². The van der Waals surface area contributed by atoms with Crippen molar-refractivity contribution in [2.24, 2.45) is 0 Å². The highest BCUT2D eigenvalue weighted by molar-refractivity contribution is 5.60. The Morgan fingerprint density at radius 1 is 1.06 bits per heavy atom. The number of H-pyrrole nitrogens is 2. The highest BCUT2D eigenvalue weighted by atomic mass is 16.5. The number of aromatic nitrogens is 2. The molecule has 1 aromatic carbocycles. The Morgan fingerprint density at radius 2 is 1.94 bits per heavy atom. The molecule has 34 heavy (non-hydrogen) atoms. The summed E-state index contributed by atoms with van der Waals surface area (Å²) in [5.41, 5.74) is 6.65. The molecule has 2 aromatic heterocycles. The fraction of sp³-hybridized carbons (Fsp3) is 0.400. The molecule has 3 N–H and O–H groups in total. The minimum absolute atomic E-state index is 0.532. The standard InChI is InChI=1S/C30H37N3O/c1-2-11-24-14-8-3-4-9-15-25-20-26(24)27(33-25)21-29-30(17-19-32-29,28-16-10-18-31-28)34-22-23-12-6-5-7-13-23/h5-7,10,12-13,16-21,24,31-33H,2-4,8-9,11,14-15,22H2,1H3. The summed E-state index contributed by atoms with van der Waals surface area (Å²) in [7, 11) is 0. The number of aryl methyl sites for hydroxylation is 1. The summed E-state index contributed by atoms with van der Waals surface area (Å²) in [4.78, 5) is 7.21. The normalized spacial score (nSPS) is 23.8. The summed E-state index contributed by atoms with van der Waals surface area (Å²) in [5.74, 6) is 0.611. The van der Waals surface area contributed by atoms with Gasteiger partial charge in [-0.15, -0.1) is 0 Å². The Morgan fingerprint density at radius 3 is 2.76 bits per heavy atom. The lowest BCUT2D eigenvalue weighted by Crippen LogP contribution is -2.31. The molecule has 2 unspecified atom stereocenters. The van der Waals surface area contributed by atoms with E-state index in [1.165, 1.54) is 61.9 Å². The highest BCUT2D eigenvalue weighted by Crippen LogP contribution is 2.40. The summed E-state index contributed by atoms with van der Waals surface area (Å²) < 4.78 is 6.70. The van der Waals surface area contributed by atoms with E-state index in [9.17, 15) is 0 Å². The number of hydrogen-bond donors (Lipinski definition) is 3. The zero-order chi connectivity index (χ0) is 23.2. The Kier molecular flexibility index (Phi) is 7.05. The molecule has 1 aliphatic carbocycles. The van der Waals surface area contributed by atoms with Gasteiger partial charge in [-0.25, -0.2) is 0 Å². The van der Waals surface area contributed by atoms with E-state index in [-0.39, 0.29) is 0 Å². The van der Waals surface area contributed by atoms with Crippen molar-refractivity contribution in [3.63, 3.8) is 0 Å². The number of benzene rings is 1. The average molecular weight is 456 g/mol. The number of nitrogens with one attached hydrogen (secondary N) is 3. The fourth-order valence-electron chi connectivity index (χ4n) is 5.51. The van der Waals surface area contributed by atoms with Gasteiger partial charge < -0.3 is 20.0 Å². The number of rotatable bonds is 7. The Balaban J connectivity index is 1.53. The quantitative estimate of drug-likeness (QED) is 0.350. The van der Waals surface area contributed by atoms with Crippen molar-refractivity contribution < 1.29 is 4.74 Å². The first kappa shape index (κ1) is 22.8. The monoisotopic (exact) mass is 455 g/mol. The predicted molar refractivity (Wildman–Crippen MR) is 139 cm³/mol. The Bertz CT molecular complexity index is 1110. The van der Waals surface area contributed by atoms with Crippen molar-refractivity contribution in [2.75, 3.05) is 0 Å². The van der Waals surface area contributed by atoms with Gasteiger partial charge in [-0.3, -0.25) is 0 Å². The molecule has 4 nitrogen and oxygen atoms in total. The van der Waals surface area contributed by atoms with Crippen LogP contribution in [0.4, 0.5) is 0 Å². The minimum Gasteiger partial charge on any atom is -0.362 e. The van der Waals surface area contributed by atoms with E-state index in [1.54, 1.807) is 0 Å². The summed E-state index contributed by atoms with van der Waals surface area (Å²) in [6, 6.07) is 17.0. The van der Waals surface area contributed by atoms with Crippen LogP contribution in [0.2, 0.25) is 0 Å². The van der Waals surface area contributed by atoms with Crippen LogP contribution in [0.25, 0.3) is 6.08 Å². The fourth-order valence-corrected chi connectivity index (χ4v) is 5.51. The maximum atomic E-state index is 6.70. The third-order valence-corrected chi connectivity index (χ3v) is 7.31. The first-order chi connectivity index (χ1) is 16.8. The molecule has 2 atom stereocenters. The van der Waals surface area contributed by atoms with Gasteiger partial charge in [-0.05, 0) is 73.1 Å². The van der Waals surface area contributed by atoms with E-state index in [1.807, 2.05) is 24.5 Å². The second kappa shape index (κ2) is 10.5. The summed E-state index contributed by atoms with van der Waals surface area (Å²) in [6.07, 6.45) is 18.6. The number of aromatic amines is 2. The van der Waals surface area contributed by atoms with Gasteiger partial charge in [0.1, 0.15) is 0 Å². The van der Waals surface area contributed by atoms with Gasteiger partial charge in [0.2, 0.25) is 0 Å². The van der Waals surface area contributed by atoms with Crippen molar-refractivity contribution in [1.29, 1.82) is 0 Å².